The van der Waals surface area contributed by atoms with E-state index in [0.29, 0.717) is 25.4 Å². The minimum Gasteiger partial charge on any atom is -0.383 e. The van der Waals surface area contributed by atoms with E-state index in [2.05, 4.69) is 44.9 Å². The van der Waals surface area contributed by atoms with Gasteiger partial charge in [-0.3, -0.25) is 4.68 Å². The Morgan fingerprint density at radius 3 is 2.77 bits per heavy atom. The maximum absolute atomic E-state index is 12.0. The van der Waals surface area contributed by atoms with Gasteiger partial charge in [-0.1, -0.05) is 12.1 Å². The number of carbonyl (C=O) groups excluding carboxylic acids is 1. The molecule has 1 aliphatic heterocycles. The molecule has 8 heteroatoms. The van der Waals surface area contributed by atoms with E-state index in [0.717, 1.165) is 18.7 Å². The zero-order valence-corrected chi connectivity index (χ0v) is 15.8. The van der Waals surface area contributed by atoms with Gasteiger partial charge in [0, 0.05) is 50.1 Å². The smallest absolute Gasteiger partial charge is 0.319 e. The molecule has 140 valence electrons. The Morgan fingerprint density at radius 1 is 1.27 bits per heavy atom. The topological polar surface area (TPSA) is 71.4 Å². The van der Waals surface area contributed by atoms with Gasteiger partial charge in [-0.05, 0) is 17.7 Å². The van der Waals surface area contributed by atoms with Gasteiger partial charge in [-0.15, -0.1) is 0 Å². The van der Waals surface area contributed by atoms with Crippen molar-refractivity contribution in [3.63, 3.8) is 0 Å². The van der Waals surface area contributed by atoms with Crippen LogP contribution < -0.4 is 15.5 Å². The first kappa shape index (κ1) is 18.6. The SMILES string of the molecule is COCCn1cc(NC(=O)NCc2ccc(N3CCSCC3)cc2)cn1. The first-order valence-corrected chi connectivity index (χ1v) is 9.88. The van der Waals surface area contributed by atoms with Gasteiger partial charge in [0.25, 0.3) is 0 Å². The average molecular weight is 375 g/mol. The number of ether oxygens (including phenoxy) is 1. The number of hydrogen-bond donors (Lipinski definition) is 2. The van der Waals surface area contributed by atoms with E-state index >= 15 is 0 Å². The summed E-state index contributed by atoms with van der Waals surface area (Å²) in [7, 11) is 1.65. The van der Waals surface area contributed by atoms with Crippen molar-refractivity contribution in [1.29, 1.82) is 0 Å². The fourth-order valence-electron chi connectivity index (χ4n) is 2.74. The molecule has 2 amide bonds. The highest BCUT2D eigenvalue weighted by Gasteiger charge is 2.11. The molecular formula is C18H25N5O2S. The Hall–Kier alpha value is -2.19. The maximum Gasteiger partial charge on any atom is 0.319 e. The van der Waals surface area contributed by atoms with Gasteiger partial charge < -0.3 is 20.3 Å². The summed E-state index contributed by atoms with van der Waals surface area (Å²) in [6.45, 7) is 3.92. The summed E-state index contributed by atoms with van der Waals surface area (Å²) in [5.41, 5.74) is 2.99. The van der Waals surface area contributed by atoms with Crippen LogP contribution in [0.4, 0.5) is 16.2 Å². The van der Waals surface area contributed by atoms with Crippen molar-refractivity contribution in [1.82, 2.24) is 15.1 Å². The molecule has 3 rings (SSSR count). The third kappa shape index (κ3) is 5.40. The van der Waals surface area contributed by atoms with Gasteiger partial charge in [0.2, 0.25) is 0 Å². The number of methoxy groups -OCH3 is 1. The highest BCUT2D eigenvalue weighted by atomic mass is 32.2. The number of thioether (sulfide) groups is 1. The molecule has 7 nitrogen and oxygen atoms in total. The van der Waals surface area contributed by atoms with E-state index < -0.39 is 0 Å². The highest BCUT2D eigenvalue weighted by Crippen LogP contribution is 2.19. The fourth-order valence-corrected chi connectivity index (χ4v) is 3.64. The Morgan fingerprint density at radius 2 is 2.04 bits per heavy atom. The van der Waals surface area contributed by atoms with Crippen LogP contribution in [0, 0.1) is 0 Å². The molecule has 0 unspecified atom stereocenters. The van der Waals surface area contributed by atoms with Crippen LogP contribution >= 0.6 is 11.8 Å². The summed E-state index contributed by atoms with van der Waals surface area (Å²) in [4.78, 5) is 14.4. The van der Waals surface area contributed by atoms with E-state index in [4.69, 9.17) is 4.74 Å². The van der Waals surface area contributed by atoms with Crippen LogP contribution in [0.3, 0.4) is 0 Å². The van der Waals surface area contributed by atoms with Crippen molar-refractivity contribution in [2.24, 2.45) is 0 Å². The van der Waals surface area contributed by atoms with Gasteiger partial charge in [0.15, 0.2) is 0 Å². The molecule has 1 fully saturated rings. The van der Waals surface area contributed by atoms with Crippen molar-refractivity contribution >= 4 is 29.2 Å². The average Bonchev–Trinajstić information content (AvgIpc) is 3.13. The van der Waals surface area contributed by atoms with E-state index in [1.165, 1.54) is 17.2 Å². The van der Waals surface area contributed by atoms with Crippen LogP contribution in [0.2, 0.25) is 0 Å². The molecule has 2 N–H and O–H groups in total. The lowest BCUT2D eigenvalue weighted by atomic mass is 10.2. The van der Waals surface area contributed by atoms with Crippen molar-refractivity contribution in [2.45, 2.75) is 13.1 Å². The zero-order valence-electron chi connectivity index (χ0n) is 15.0. The molecule has 2 heterocycles. The zero-order chi connectivity index (χ0) is 18.2. The maximum atomic E-state index is 12.0. The Bertz CT molecular complexity index is 698. The number of amides is 2. The van der Waals surface area contributed by atoms with Crippen molar-refractivity contribution in [2.75, 3.05) is 48.5 Å². The second kappa shape index (κ2) is 9.49. The van der Waals surface area contributed by atoms with Gasteiger partial charge >= 0.3 is 6.03 Å². The predicted octanol–water partition coefficient (Wildman–Crippen LogP) is 2.40. The van der Waals surface area contributed by atoms with Crippen LogP contribution in [0.5, 0.6) is 0 Å². The number of aromatic nitrogens is 2. The van der Waals surface area contributed by atoms with E-state index in [9.17, 15) is 4.79 Å². The molecule has 1 aromatic carbocycles. The van der Waals surface area contributed by atoms with Gasteiger partial charge in [0.1, 0.15) is 0 Å². The molecule has 0 atom stereocenters. The van der Waals surface area contributed by atoms with E-state index in [1.54, 1.807) is 24.2 Å². The summed E-state index contributed by atoms with van der Waals surface area (Å²) in [5, 5.41) is 9.82. The number of benzene rings is 1. The third-order valence-electron chi connectivity index (χ3n) is 4.18. The second-order valence-electron chi connectivity index (χ2n) is 6.06. The lowest BCUT2D eigenvalue weighted by Crippen LogP contribution is -2.32. The number of nitrogens with one attached hydrogen (secondary N) is 2. The predicted molar refractivity (Wildman–Crippen MR) is 106 cm³/mol. The van der Waals surface area contributed by atoms with E-state index in [1.807, 2.05) is 11.8 Å². The molecule has 0 aliphatic carbocycles. The minimum absolute atomic E-state index is 0.242. The number of hydrogen-bond acceptors (Lipinski definition) is 5. The van der Waals surface area contributed by atoms with Gasteiger partial charge in [-0.25, -0.2) is 4.79 Å². The van der Waals surface area contributed by atoms with Gasteiger partial charge in [-0.2, -0.15) is 16.9 Å². The van der Waals surface area contributed by atoms with Crippen LogP contribution in [-0.4, -0.2) is 54.1 Å². The number of nitrogens with zero attached hydrogens (tertiary/aromatic N) is 3. The van der Waals surface area contributed by atoms with E-state index in [-0.39, 0.29) is 6.03 Å². The molecule has 0 spiro atoms. The van der Waals surface area contributed by atoms with Crippen LogP contribution in [0.1, 0.15) is 5.56 Å². The minimum atomic E-state index is -0.242. The Labute approximate surface area is 158 Å². The second-order valence-corrected chi connectivity index (χ2v) is 7.28. The highest BCUT2D eigenvalue weighted by molar-refractivity contribution is 7.99. The molecule has 1 saturated heterocycles. The molecule has 1 aromatic heterocycles. The quantitative estimate of drug-likeness (QED) is 0.778. The normalized spacial score (nSPS) is 14.3. The first-order valence-electron chi connectivity index (χ1n) is 8.72. The van der Waals surface area contributed by atoms with Crippen LogP contribution in [0.15, 0.2) is 36.7 Å². The standard InChI is InChI=1S/C18H25N5O2S/c1-25-9-6-23-14-16(13-20-23)21-18(24)19-12-15-2-4-17(5-3-15)22-7-10-26-11-8-22/h2-5,13-14H,6-12H2,1H3,(H2,19,21,24). The van der Waals surface area contributed by atoms with Crippen molar-refractivity contribution in [3.8, 4) is 0 Å². The molecule has 2 aromatic rings. The largest absolute Gasteiger partial charge is 0.383 e. The number of carbonyl (C=O) groups is 1. The molecule has 0 saturated carbocycles. The summed E-state index contributed by atoms with van der Waals surface area (Å²) >= 11 is 2.01. The first-order chi connectivity index (χ1) is 12.7. The van der Waals surface area contributed by atoms with Gasteiger partial charge in [0.05, 0.1) is 25.0 Å². The van der Waals surface area contributed by atoms with Crippen LogP contribution in [0.25, 0.3) is 0 Å². The Kier molecular flexibility index (Phi) is 6.79. The number of rotatable bonds is 7. The fraction of sp³-hybridized carbons (Fsp3) is 0.444. The summed E-state index contributed by atoms with van der Waals surface area (Å²) < 4.78 is 6.74. The molecular weight excluding hydrogens is 350 g/mol. The van der Waals surface area contributed by atoms with Crippen LogP contribution in [-0.2, 0) is 17.8 Å². The Balaban J connectivity index is 1.44. The molecule has 0 bridgehead atoms. The number of urea groups is 1. The summed E-state index contributed by atoms with van der Waals surface area (Å²) in [6.07, 6.45) is 3.41. The third-order valence-corrected chi connectivity index (χ3v) is 5.12. The lowest BCUT2D eigenvalue weighted by molar-refractivity contribution is 0.183. The van der Waals surface area contributed by atoms with Crippen molar-refractivity contribution in [3.05, 3.63) is 42.2 Å². The summed E-state index contributed by atoms with van der Waals surface area (Å²) in [6, 6.07) is 8.16. The van der Waals surface area contributed by atoms with Crippen molar-refractivity contribution < 1.29 is 9.53 Å². The summed E-state index contributed by atoms with van der Waals surface area (Å²) in [5.74, 6) is 2.37. The molecule has 1 aliphatic rings. The monoisotopic (exact) mass is 375 g/mol. The lowest BCUT2D eigenvalue weighted by Gasteiger charge is -2.28. The number of anilines is 2. The molecule has 26 heavy (non-hydrogen) atoms. The molecule has 0 radical (unpaired) electrons.